The third-order valence-corrected chi connectivity index (χ3v) is 4.84. The highest BCUT2D eigenvalue weighted by Gasteiger charge is 2.36. The van der Waals surface area contributed by atoms with E-state index >= 15 is 0 Å². The second-order valence-corrected chi connectivity index (χ2v) is 7.15. The van der Waals surface area contributed by atoms with Crippen molar-refractivity contribution in [3.8, 4) is 11.3 Å². The van der Waals surface area contributed by atoms with E-state index in [0.717, 1.165) is 18.2 Å². The summed E-state index contributed by atoms with van der Waals surface area (Å²) in [6, 6.07) is 8.72. The fraction of sp³-hybridized carbons (Fsp3) is 0.238. The van der Waals surface area contributed by atoms with Crippen LogP contribution in [-0.2, 0) is 19.3 Å². The van der Waals surface area contributed by atoms with Gasteiger partial charge in [-0.15, -0.1) is 0 Å². The van der Waals surface area contributed by atoms with Crippen molar-refractivity contribution in [3.63, 3.8) is 0 Å². The zero-order valence-corrected chi connectivity index (χ0v) is 17.1. The monoisotopic (exact) mass is 446 g/mol. The second-order valence-electron chi connectivity index (χ2n) is 7.15. The molecule has 11 heteroatoms. The molecule has 0 bridgehead atoms. The smallest absolute Gasteiger partial charge is 0.334 e. The van der Waals surface area contributed by atoms with E-state index in [-0.39, 0.29) is 23.6 Å². The van der Waals surface area contributed by atoms with Crippen LogP contribution < -0.4 is 0 Å². The van der Waals surface area contributed by atoms with Crippen LogP contribution in [0.3, 0.4) is 0 Å². The summed E-state index contributed by atoms with van der Waals surface area (Å²) in [6.07, 6.45) is -2.98. The quantitative estimate of drug-likeness (QED) is 0.434. The largest absolute Gasteiger partial charge is 0.433 e. The number of amides is 1. The Bertz CT molecular complexity index is 1280. The summed E-state index contributed by atoms with van der Waals surface area (Å²) in [5.41, 5.74) is -0.494. The Morgan fingerprint density at radius 2 is 1.81 bits per heavy atom. The van der Waals surface area contributed by atoms with Crippen molar-refractivity contribution >= 4 is 11.6 Å². The summed E-state index contributed by atoms with van der Waals surface area (Å²) in [7, 11) is 1.51. The summed E-state index contributed by atoms with van der Waals surface area (Å²) >= 11 is 0. The Labute approximate surface area is 179 Å². The van der Waals surface area contributed by atoms with Crippen LogP contribution in [0.25, 0.3) is 16.9 Å². The lowest BCUT2D eigenvalue weighted by Gasteiger charge is -2.14. The zero-order chi connectivity index (χ0) is 23.0. The predicted molar refractivity (Wildman–Crippen MR) is 107 cm³/mol. The molecule has 0 saturated heterocycles. The topological polar surface area (TPSA) is 68.3 Å². The van der Waals surface area contributed by atoms with Crippen molar-refractivity contribution in [2.75, 3.05) is 7.05 Å². The van der Waals surface area contributed by atoms with Crippen LogP contribution in [0.15, 0.2) is 48.7 Å². The van der Waals surface area contributed by atoms with Gasteiger partial charge in [0.2, 0.25) is 0 Å². The highest BCUT2D eigenvalue weighted by atomic mass is 19.4. The van der Waals surface area contributed by atoms with Gasteiger partial charge in [-0.25, -0.2) is 13.9 Å². The summed E-state index contributed by atoms with van der Waals surface area (Å²) < 4.78 is 56.7. The van der Waals surface area contributed by atoms with E-state index in [1.165, 1.54) is 30.1 Å². The Hall–Kier alpha value is -3.76. The second kappa shape index (κ2) is 8.06. The maximum absolute atomic E-state index is 13.7. The van der Waals surface area contributed by atoms with E-state index in [4.69, 9.17) is 0 Å². The molecule has 0 aliphatic carbocycles. The number of benzene rings is 1. The Morgan fingerprint density at radius 3 is 2.44 bits per heavy atom. The number of hydrogen-bond donors (Lipinski definition) is 0. The number of halogens is 4. The molecule has 4 aromatic rings. The van der Waals surface area contributed by atoms with Gasteiger partial charge in [0.15, 0.2) is 17.0 Å². The molecular weight excluding hydrogens is 428 g/mol. The lowest BCUT2D eigenvalue weighted by molar-refractivity contribution is -0.142. The molecule has 166 valence electrons. The SMILES string of the molecule is CCn1ccc(CN(C)C(=O)c2cc3nc(-c4ccc(F)cc4)cc(C(F)(F)F)n3n2)n1. The Kier molecular flexibility index (Phi) is 5.41. The van der Waals surface area contributed by atoms with Gasteiger partial charge in [0.05, 0.1) is 17.9 Å². The minimum atomic E-state index is -4.75. The molecule has 0 unspecified atom stereocenters. The molecule has 0 aliphatic rings. The normalized spacial score (nSPS) is 11.8. The fourth-order valence-electron chi connectivity index (χ4n) is 3.22. The van der Waals surface area contributed by atoms with Gasteiger partial charge in [-0.3, -0.25) is 9.48 Å². The molecule has 3 heterocycles. The number of aryl methyl sites for hydroxylation is 1. The molecule has 4 rings (SSSR count). The summed E-state index contributed by atoms with van der Waals surface area (Å²) in [6.45, 7) is 2.76. The first-order valence-corrected chi connectivity index (χ1v) is 9.67. The van der Waals surface area contributed by atoms with Crippen LogP contribution in [0.2, 0.25) is 0 Å². The molecule has 1 aromatic carbocycles. The van der Waals surface area contributed by atoms with Crippen LogP contribution in [0, 0.1) is 5.82 Å². The molecule has 7 nitrogen and oxygen atoms in total. The Morgan fingerprint density at radius 1 is 1.09 bits per heavy atom. The van der Waals surface area contributed by atoms with Gasteiger partial charge in [0, 0.05) is 31.4 Å². The van der Waals surface area contributed by atoms with Crippen LogP contribution in [0.1, 0.15) is 28.8 Å². The van der Waals surface area contributed by atoms with Crippen molar-refractivity contribution in [1.29, 1.82) is 0 Å². The molecule has 0 fully saturated rings. The van der Waals surface area contributed by atoms with Gasteiger partial charge >= 0.3 is 6.18 Å². The molecule has 0 radical (unpaired) electrons. The summed E-state index contributed by atoms with van der Waals surface area (Å²) in [5.74, 6) is -1.09. The number of rotatable bonds is 5. The zero-order valence-electron chi connectivity index (χ0n) is 17.1. The average molecular weight is 446 g/mol. The van der Waals surface area contributed by atoms with Crippen LogP contribution in [-0.4, -0.2) is 42.2 Å². The molecule has 0 atom stereocenters. The van der Waals surface area contributed by atoms with Crippen molar-refractivity contribution in [3.05, 3.63) is 71.6 Å². The van der Waals surface area contributed by atoms with Gasteiger partial charge in [0.25, 0.3) is 5.91 Å². The number of nitrogens with zero attached hydrogens (tertiary/aromatic N) is 6. The summed E-state index contributed by atoms with van der Waals surface area (Å²) in [4.78, 5) is 18.3. The Balaban J connectivity index is 1.71. The predicted octanol–water partition coefficient (Wildman–Crippen LogP) is 4.04. The first-order chi connectivity index (χ1) is 15.2. The number of aromatic nitrogens is 5. The van der Waals surface area contributed by atoms with Gasteiger partial charge < -0.3 is 4.90 Å². The van der Waals surface area contributed by atoms with Crippen molar-refractivity contribution in [1.82, 2.24) is 29.3 Å². The molecule has 32 heavy (non-hydrogen) atoms. The van der Waals surface area contributed by atoms with Gasteiger partial charge in [-0.05, 0) is 43.3 Å². The molecular formula is C21H18F4N6O. The van der Waals surface area contributed by atoms with Gasteiger partial charge in [-0.1, -0.05) is 0 Å². The highest BCUT2D eigenvalue weighted by molar-refractivity contribution is 5.93. The maximum Gasteiger partial charge on any atom is 0.433 e. The number of hydrogen-bond acceptors (Lipinski definition) is 4. The molecule has 1 amide bonds. The number of fused-ring (bicyclic) bond motifs is 1. The first-order valence-electron chi connectivity index (χ1n) is 9.67. The lowest BCUT2D eigenvalue weighted by atomic mass is 10.1. The number of carbonyl (C=O) groups is 1. The number of alkyl halides is 3. The van der Waals surface area contributed by atoms with E-state index in [1.807, 2.05) is 6.92 Å². The molecule has 0 spiro atoms. The van der Waals surface area contributed by atoms with E-state index < -0.39 is 23.6 Å². The van der Waals surface area contributed by atoms with Crippen molar-refractivity contribution in [2.45, 2.75) is 26.2 Å². The van der Waals surface area contributed by atoms with E-state index in [1.54, 1.807) is 16.9 Å². The standard InChI is InChI=1S/C21H18F4N6O/c1-3-30-9-8-15(27-30)12-29(2)20(32)17-11-19-26-16(13-4-6-14(22)7-5-13)10-18(21(23,24)25)31(19)28-17/h4-11H,3,12H2,1-2H3. The fourth-order valence-corrected chi connectivity index (χ4v) is 3.22. The molecule has 0 N–H and O–H groups in total. The third-order valence-electron chi connectivity index (χ3n) is 4.84. The molecule has 3 aromatic heterocycles. The van der Waals surface area contributed by atoms with Crippen LogP contribution in [0.4, 0.5) is 17.6 Å². The average Bonchev–Trinajstić information content (AvgIpc) is 3.38. The van der Waals surface area contributed by atoms with Crippen molar-refractivity contribution in [2.24, 2.45) is 0 Å². The van der Waals surface area contributed by atoms with E-state index in [0.29, 0.717) is 22.3 Å². The highest BCUT2D eigenvalue weighted by Crippen LogP contribution is 2.32. The minimum absolute atomic E-state index is 0.0119. The lowest BCUT2D eigenvalue weighted by Crippen LogP contribution is -2.27. The van der Waals surface area contributed by atoms with E-state index in [9.17, 15) is 22.4 Å². The minimum Gasteiger partial charge on any atom is -0.334 e. The van der Waals surface area contributed by atoms with Gasteiger partial charge in [-0.2, -0.15) is 23.4 Å². The third kappa shape index (κ3) is 4.18. The van der Waals surface area contributed by atoms with Crippen LogP contribution >= 0.6 is 0 Å². The molecule has 0 aliphatic heterocycles. The summed E-state index contributed by atoms with van der Waals surface area (Å²) in [5, 5.41) is 8.16. The molecule has 0 saturated carbocycles. The number of carbonyl (C=O) groups excluding carboxylic acids is 1. The maximum atomic E-state index is 13.7. The van der Waals surface area contributed by atoms with Crippen molar-refractivity contribution < 1.29 is 22.4 Å². The van der Waals surface area contributed by atoms with Gasteiger partial charge in [0.1, 0.15) is 5.82 Å². The first kappa shape index (κ1) is 21.5. The van der Waals surface area contributed by atoms with E-state index in [2.05, 4.69) is 15.2 Å². The van der Waals surface area contributed by atoms with Crippen LogP contribution in [0.5, 0.6) is 0 Å².